The van der Waals surface area contributed by atoms with Crippen molar-refractivity contribution in [2.75, 3.05) is 19.0 Å². The van der Waals surface area contributed by atoms with Gasteiger partial charge in [-0.25, -0.2) is 13.2 Å². The van der Waals surface area contributed by atoms with Crippen LogP contribution < -0.4 is 0 Å². The number of carbonyl (C=O) groups is 1. The molecule has 0 bridgehead atoms. The molecule has 0 aliphatic carbocycles. The molecule has 0 aromatic heterocycles. The van der Waals surface area contributed by atoms with Crippen LogP contribution in [0.4, 0.5) is 13.2 Å². The standard InChI is InChI=1S/C12H13F3O5S/c13-12(14,15)8-20-5-2-6-21(18,19)10-4-1-3-9(7-10)11(16)17/h1,3-4,7H,2,5-6,8H2,(H,16,17). The zero-order valence-corrected chi connectivity index (χ0v) is 11.6. The van der Waals surface area contributed by atoms with Crippen molar-refractivity contribution in [3.05, 3.63) is 29.8 Å². The topological polar surface area (TPSA) is 80.7 Å². The normalized spacial score (nSPS) is 12.3. The molecule has 0 saturated heterocycles. The fourth-order valence-electron chi connectivity index (χ4n) is 1.48. The van der Waals surface area contributed by atoms with Crippen LogP contribution in [0.3, 0.4) is 0 Å². The average Bonchev–Trinajstić information content (AvgIpc) is 2.37. The summed E-state index contributed by atoms with van der Waals surface area (Å²) in [5.74, 6) is -1.69. The smallest absolute Gasteiger partial charge is 0.411 e. The van der Waals surface area contributed by atoms with E-state index in [-0.39, 0.29) is 23.5 Å². The van der Waals surface area contributed by atoms with E-state index in [1.54, 1.807) is 0 Å². The number of hydrogen-bond donors (Lipinski definition) is 1. The second-order valence-corrected chi connectivity index (χ2v) is 6.28. The average molecular weight is 326 g/mol. The van der Waals surface area contributed by atoms with Gasteiger partial charge in [-0.2, -0.15) is 13.2 Å². The fraction of sp³-hybridized carbons (Fsp3) is 0.417. The number of rotatable bonds is 7. The minimum absolute atomic E-state index is 0.115. The van der Waals surface area contributed by atoms with Gasteiger partial charge >= 0.3 is 12.1 Å². The number of sulfone groups is 1. The first kappa shape index (κ1) is 17.4. The lowest BCUT2D eigenvalue weighted by atomic mass is 10.2. The van der Waals surface area contributed by atoms with Crippen LogP contribution in [-0.2, 0) is 14.6 Å². The number of hydrogen-bond acceptors (Lipinski definition) is 4. The highest BCUT2D eigenvalue weighted by Crippen LogP contribution is 2.16. The Morgan fingerprint density at radius 1 is 1.29 bits per heavy atom. The van der Waals surface area contributed by atoms with Crippen LogP contribution in [0.5, 0.6) is 0 Å². The van der Waals surface area contributed by atoms with E-state index in [1.807, 2.05) is 0 Å². The molecule has 0 aliphatic heterocycles. The number of carboxylic acid groups (broad SMARTS) is 1. The van der Waals surface area contributed by atoms with E-state index >= 15 is 0 Å². The lowest BCUT2D eigenvalue weighted by Gasteiger charge is -2.08. The Labute approximate surface area is 119 Å². The molecule has 0 fully saturated rings. The number of alkyl halides is 3. The van der Waals surface area contributed by atoms with Crippen molar-refractivity contribution in [3.63, 3.8) is 0 Å². The fourth-order valence-corrected chi connectivity index (χ4v) is 2.81. The van der Waals surface area contributed by atoms with Crippen LogP contribution in [-0.4, -0.2) is 44.6 Å². The summed E-state index contributed by atoms with van der Waals surface area (Å²) in [5, 5.41) is 8.78. The van der Waals surface area contributed by atoms with Gasteiger partial charge in [0.2, 0.25) is 0 Å². The molecular formula is C12H13F3O5S. The van der Waals surface area contributed by atoms with E-state index in [4.69, 9.17) is 5.11 Å². The van der Waals surface area contributed by atoms with Crippen molar-refractivity contribution < 1.29 is 36.2 Å². The molecule has 1 aromatic carbocycles. The molecule has 0 spiro atoms. The molecule has 118 valence electrons. The summed E-state index contributed by atoms with van der Waals surface area (Å²) in [6.07, 6.45) is -4.57. The summed E-state index contributed by atoms with van der Waals surface area (Å²) in [6.45, 7) is -1.78. The lowest BCUT2D eigenvalue weighted by Crippen LogP contribution is -2.18. The molecule has 21 heavy (non-hydrogen) atoms. The summed E-state index contributed by atoms with van der Waals surface area (Å²) in [6, 6.07) is 4.77. The quantitative estimate of drug-likeness (QED) is 0.776. The highest BCUT2D eigenvalue weighted by molar-refractivity contribution is 7.91. The highest BCUT2D eigenvalue weighted by Gasteiger charge is 2.27. The van der Waals surface area contributed by atoms with Gasteiger partial charge in [-0.1, -0.05) is 6.07 Å². The van der Waals surface area contributed by atoms with Crippen LogP contribution in [0.1, 0.15) is 16.8 Å². The second kappa shape index (κ2) is 6.90. The maximum atomic E-state index is 11.9. The zero-order valence-electron chi connectivity index (χ0n) is 10.8. The first-order chi connectivity index (χ1) is 9.62. The molecule has 0 saturated carbocycles. The van der Waals surface area contributed by atoms with E-state index in [2.05, 4.69) is 4.74 Å². The maximum absolute atomic E-state index is 11.9. The van der Waals surface area contributed by atoms with Crippen LogP contribution >= 0.6 is 0 Å². The Hall–Kier alpha value is -1.61. The molecule has 0 amide bonds. The molecule has 1 aromatic rings. The van der Waals surface area contributed by atoms with Crippen molar-refractivity contribution in [2.24, 2.45) is 0 Å². The third kappa shape index (κ3) is 6.13. The van der Waals surface area contributed by atoms with Gasteiger partial charge in [-0.15, -0.1) is 0 Å². The van der Waals surface area contributed by atoms with E-state index in [9.17, 15) is 26.4 Å². The molecule has 0 aliphatic rings. The monoisotopic (exact) mass is 326 g/mol. The van der Waals surface area contributed by atoms with Crippen LogP contribution in [0.25, 0.3) is 0 Å². The predicted octanol–water partition coefficient (Wildman–Crippen LogP) is 2.13. The molecular weight excluding hydrogens is 313 g/mol. The largest absolute Gasteiger partial charge is 0.478 e. The first-order valence-corrected chi connectivity index (χ1v) is 7.48. The van der Waals surface area contributed by atoms with E-state index in [1.165, 1.54) is 18.2 Å². The van der Waals surface area contributed by atoms with Gasteiger partial charge in [-0.3, -0.25) is 0 Å². The molecule has 0 heterocycles. The molecule has 0 radical (unpaired) electrons. The van der Waals surface area contributed by atoms with Gasteiger partial charge in [0.1, 0.15) is 6.61 Å². The molecule has 1 N–H and O–H groups in total. The first-order valence-electron chi connectivity index (χ1n) is 5.82. The molecule has 0 unspecified atom stereocenters. The Morgan fingerprint density at radius 2 is 1.95 bits per heavy atom. The predicted molar refractivity (Wildman–Crippen MR) is 66.9 cm³/mol. The number of halogens is 3. The van der Waals surface area contributed by atoms with E-state index < -0.39 is 34.3 Å². The molecule has 9 heteroatoms. The zero-order chi connectivity index (χ0) is 16.1. The van der Waals surface area contributed by atoms with E-state index in [0.717, 1.165) is 6.07 Å². The minimum atomic E-state index is -4.45. The third-order valence-electron chi connectivity index (χ3n) is 2.41. The maximum Gasteiger partial charge on any atom is 0.411 e. The Morgan fingerprint density at radius 3 is 2.52 bits per heavy atom. The number of benzene rings is 1. The molecule has 5 nitrogen and oxygen atoms in total. The summed E-state index contributed by atoms with van der Waals surface area (Å²) >= 11 is 0. The summed E-state index contributed by atoms with van der Waals surface area (Å²) in [5.41, 5.74) is -0.176. The van der Waals surface area contributed by atoms with E-state index in [0.29, 0.717) is 0 Å². The van der Waals surface area contributed by atoms with Crippen molar-refractivity contribution in [1.82, 2.24) is 0 Å². The van der Waals surface area contributed by atoms with Crippen molar-refractivity contribution >= 4 is 15.8 Å². The number of carboxylic acids is 1. The van der Waals surface area contributed by atoms with Gasteiger partial charge < -0.3 is 9.84 Å². The summed E-state index contributed by atoms with van der Waals surface area (Å²) in [7, 11) is -3.76. The van der Waals surface area contributed by atoms with Gasteiger partial charge in [-0.05, 0) is 24.6 Å². The van der Waals surface area contributed by atoms with Crippen LogP contribution in [0.2, 0.25) is 0 Å². The van der Waals surface area contributed by atoms with Gasteiger partial charge in [0, 0.05) is 6.61 Å². The lowest BCUT2D eigenvalue weighted by molar-refractivity contribution is -0.173. The Bertz CT molecular complexity index is 595. The van der Waals surface area contributed by atoms with Gasteiger partial charge in [0.15, 0.2) is 9.84 Å². The molecule has 0 atom stereocenters. The SMILES string of the molecule is O=C(O)c1cccc(S(=O)(=O)CCCOCC(F)(F)F)c1. The second-order valence-electron chi connectivity index (χ2n) is 4.17. The van der Waals surface area contributed by atoms with Crippen molar-refractivity contribution in [3.8, 4) is 0 Å². The third-order valence-corrected chi connectivity index (χ3v) is 4.21. The van der Waals surface area contributed by atoms with Gasteiger partial charge in [0.05, 0.1) is 16.2 Å². The molecule has 1 rings (SSSR count). The summed E-state index contributed by atoms with van der Waals surface area (Å²) < 4.78 is 63.5. The Balaban J connectivity index is 2.58. The Kier molecular flexibility index (Phi) is 5.73. The number of aromatic carboxylic acids is 1. The highest BCUT2D eigenvalue weighted by atomic mass is 32.2. The summed E-state index contributed by atoms with van der Waals surface area (Å²) in [4.78, 5) is 10.6. The van der Waals surface area contributed by atoms with Crippen LogP contribution in [0.15, 0.2) is 29.2 Å². The minimum Gasteiger partial charge on any atom is -0.478 e. The van der Waals surface area contributed by atoms with Gasteiger partial charge in [0.25, 0.3) is 0 Å². The van der Waals surface area contributed by atoms with Crippen LogP contribution in [0, 0.1) is 0 Å². The van der Waals surface area contributed by atoms with Crippen molar-refractivity contribution in [2.45, 2.75) is 17.5 Å². The number of ether oxygens (including phenoxy) is 1. The van der Waals surface area contributed by atoms with Crippen molar-refractivity contribution in [1.29, 1.82) is 0 Å².